The number of thiol groups is 1. The van der Waals surface area contributed by atoms with E-state index >= 15 is 0 Å². The predicted octanol–water partition coefficient (Wildman–Crippen LogP) is 1.35. The van der Waals surface area contributed by atoms with Crippen LogP contribution in [0.25, 0.3) is 0 Å². The number of nitrogens with one attached hydrogen (secondary N) is 1. The fraction of sp³-hybridized carbons (Fsp3) is 0.700. The van der Waals surface area contributed by atoms with Crippen molar-refractivity contribution in [2.75, 3.05) is 0 Å². The highest BCUT2D eigenvalue weighted by Gasteiger charge is 2.36. The first kappa shape index (κ1) is 10.8. The van der Waals surface area contributed by atoms with Gasteiger partial charge in [0.25, 0.3) is 0 Å². The molecule has 0 spiro atoms. The van der Waals surface area contributed by atoms with E-state index < -0.39 is 0 Å². The lowest BCUT2D eigenvalue weighted by Gasteiger charge is -2.30. The molecule has 1 N–H and O–H groups in total. The summed E-state index contributed by atoms with van der Waals surface area (Å²) in [6.07, 6.45) is 4.44. The zero-order valence-corrected chi connectivity index (χ0v) is 9.78. The molecule has 1 unspecified atom stereocenters. The lowest BCUT2D eigenvalue weighted by Crippen LogP contribution is -2.48. The summed E-state index contributed by atoms with van der Waals surface area (Å²) < 4.78 is 5.66. The third-order valence-electron chi connectivity index (χ3n) is 2.79. The van der Waals surface area contributed by atoms with Gasteiger partial charge in [0, 0.05) is 23.9 Å². The molecule has 0 bridgehead atoms. The summed E-state index contributed by atoms with van der Waals surface area (Å²) in [6, 6.07) is 0.00371. The van der Waals surface area contributed by atoms with Gasteiger partial charge in [-0.1, -0.05) is 0 Å². The largest absolute Gasteiger partial charge is 0.354 e. The van der Waals surface area contributed by atoms with Crippen LogP contribution in [0.5, 0.6) is 0 Å². The topological polar surface area (TPSA) is 41.6 Å². The van der Waals surface area contributed by atoms with Gasteiger partial charge in [0.1, 0.15) is 6.23 Å². The van der Waals surface area contributed by atoms with Gasteiger partial charge < -0.3 is 10.1 Å². The van der Waals surface area contributed by atoms with Gasteiger partial charge in [0.15, 0.2) is 0 Å². The third-order valence-corrected chi connectivity index (χ3v) is 3.42. The fourth-order valence-electron chi connectivity index (χ4n) is 1.81. The molecule has 0 aromatic heterocycles. The minimum atomic E-state index is -0.175. The Balaban J connectivity index is 2.06. The van der Waals surface area contributed by atoms with E-state index in [9.17, 15) is 4.79 Å². The Labute approximate surface area is 95.1 Å². The molecular weight excluding hydrogens is 212 g/mol. The van der Waals surface area contributed by atoms with Gasteiger partial charge in [-0.05, 0) is 19.9 Å². The molecule has 0 radical (unpaired) electrons. The van der Waals surface area contributed by atoms with Crippen molar-refractivity contribution in [3.63, 3.8) is 0 Å². The zero-order valence-electron chi connectivity index (χ0n) is 8.88. The van der Waals surface area contributed by atoms with Crippen molar-refractivity contribution < 1.29 is 9.53 Å². The number of ether oxygens (including phenoxy) is 1. The highest BCUT2D eigenvalue weighted by molar-refractivity contribution is 7.81. The maximum absolute atomic E-state index is 11.7. The number of nitrogens with zero attached hydrogens (tertiary/aromatic N) is 1. The Kier molecular flexibility index (Phi) is 2.93. The highest BCUT2D eigenvalue weighted by Crippen LogP contribution is 2.27. The molecule has 2 aliphatic rings. The minimum Gasteiger partial charge on any atom is -0.354 e. The smallest absolute Gasteiger partial charge is 0.323 e. The normalized spacial score (nSPS) is 40.7. The predicted molar refractivity (Wildman–Crippen MR) is 60.7 cm³/mol. The molecular formula is C10H16N2O2S. The molecule has 0 aromatic rings. The Hall–Kier alpha value is -0.680. The Morgan fingerprint density at radius 3 is 2.87 bits per heavy atom. The molecule has 0 aliphatic carbocycles. The second kappa shape index (κ2) is 4.06. The van der Waals surface area contributed by atoms with Gasteiger partial charge in [-0.25, -0.2) is 4.79 Å². The number of carbonyl (C=O) groups is 1. The van der Waals surface area contributed by atoms with Crippen molar-refractivity contribution in [1.82, 2.24) is 10.2 Å². The van der Waals surface area contributed by atoms with Crippen LogP contribution in [0.15, 0.2) is 12.3 Å². The summed E-state index contributed by atoms with van der Waals surface area (Å²) >= 11 is 4.41. The van der Waals surface area contributed by atoms with E-state index in [1.54, 1.807) is 11.1 Å². The first-order valence-corrected chi connectivity index (χ1v) is 5.70. The van der Waals surface area contributed by atoms with Gasteiger partial charge in [0.2, 0.25) is 0 Å². The number of hydrogen-bond donors (Lipinski definition) is 2. The molecule has 4 atom stereocenters. The number of carbonyl (C=O) groups excluding carboxylic acids is 1. The first-order chi connectivity index (χ1) is 7.08. The van der Waals surface area contributed by atoms with E-state index in [1.807, 2.05) is 19.9 Å². The third kappa shape index (κ3) is 2.13. The van der Waals surface area contributed by atoms with Crippen LogP contribution in [0.2, 0.25) is 0 Å². The van der Waals surface area contributed by atoms with Gasteiger partial charge in [0.05, 0.1) is 6.10 Å². The van der Waals surface area contributed by atoms with Crippen LogP contribution >= 0.6 is 12.6 Å². The molecule has 4 nitrogen and oxygen atoms in total. The average molecular weight is 228 g/mol. The Morgan fingerprint density at radius 2 is 2.33 bits per heavy atom. The summed E-state index contributed by atoms with van der Waals surface area (Å²) in [6.45, 7) is 3.91. The lowest BCUT2D eigenvalue weighted by atomic mass is 10.2. The number of rotatable bonds is 1. The van der Waals surface area contributed by atoms with Crippen molar-refractivity contribution >= 4 is 18.7 Å². The number of urea groups is 1. The lowest BCUT2D eigenvalue weighted by molar-refractivity contribution is -0.0102. The fourth-order valence-corrected chi connectivity index (χ4v) is 2.06. The molecule has 2 amide bonds. The number of hydrogen-bond acceptors (Lipinski definition) is 3. The van der Waals surface area contributed by atoms with Crippen LogP contribution < -0.4 is 5.32 Å². The second-order valence-electron chi connectivity index (χ2n) is 4.09. The van der Waals surface area contributed by atoms with Gasteiger partial charge in [-0.3, -0.25) is 4.90 Å². The van der Waals surface area contributed by atoms with Crippen LogP contribution in [-0.2, 0) is 4.74 Å². The Morgan fingerprint density at radius 1 is 1.60 bits per heavy atom. The SMILES string of the molecule is CC1C=CN([C@H]2C[C@@H](S)[C@@H](C)O2)C(=O)N1. The summed E-state index contributed by atoms with van der Waals surface area (Å²) in [7, 11) is 0. The summed E-state index contributed by atoms with van der Waals surface area (Å²) in [4.78, 5) is 13.3. The average Bonchev–Trinajstić information content (AvgIpc) is 2.46. The van der Waals surface area contributed by atoms with Gasteiger partial charge >= 0.3 is 6.03 Å². The molecule has 15 heavy (non-hydrogen) atoms. The van der Waals surface area contributed by atoms with E-state index in [0.717, 1.165) is 6.42 Å². The van der Waals surface area contributed by atoms with Crippen LogP contribution in [0.1, 0.15) is 20.3 Å². The monoisotopic (exact) mass is 228 g/mol. The standard InChI is InChI=1S/C10H16N2O2S/c1-6-3-4-12(10(13)11-6)9-5-8(15)7(2)14-9/h3-4,6-9,15H,5H2,1-2H3,(H,11,13)/t6?,7-,8-,9-/m1/s1. The molecule has 0 aromatic carbocycles. The van der Waals surface area contributed by atoms with Crippen LogP contribution in [0.3, 0.4) is 0 Å². The van der Waals surface area contributed by atoms with Crippen molar-refractivity contribution in [2.24, 2.45) is 0 Å². The quantitative estimate of drug-likeness (QED) is 0.665. The van der Waals surface area contributed by atoms with Crippen LogP contribution in [0, 0.1) is 0 Å². The zero-order chi connectivity index (χ0) is 11.0. The maximum atomic E-state index is 11.7. The van der Waals surface area contributed by atoms with Crippen molar-refractivity contribution in [2.45, 2.75) is 43.9 Å². The molecule has 5 heteroatoms. The highest BCUT2D eigenvalue weighted by atomic mass is 32.1. The number of amides is 2. The van der Waals surface area contributed by atoms with E-state index in [1.165, 1.54) is 0 Å². The van der Waals surface area contributed by atoms with E-state index in [4.69, 9.17) is 4.74 Å². The molecule has 2 heterocycles. The van der Waals surface area contributed by atoms with E-state index in [-0.39, 0.29) is 29.7 Å². The van der Waals surface area contributed by atoms with Gasteiger partial charge in [-0.15, -0.1) is 0 Å². The first-order valence-electron chi connectivity index (χ1n) is 5.18. The summed E-state index contributed by atoms with van der Waals surface area (Å²) in [5, 5.41) is 3.04. The van der Waals surface area contributed by atoms with Crippen molar-refractivity contribution in [3.8, 4) is 0 Å². The molecule has 1 fully saturated rings. The minimum absolute atomic E-state index is 0.0929. The van der Waals surface area contributed by atoms with Crippen LogP contribution in [0.4, 0.5) is 4.79 Å². The molecule has 2 rings (SSSR count). The van der Waals surface area contributed by atoms with E-state index in [0.29, 0.717) is 0 Å². The maximum Gasteiger partial charge on any atom is 0.323 e. The molecule has 2 aliphatic heterocycles. The summed E-state index contributed by atoms with van der Waals surface area (Å²) in [5.41, 5.74) is 0. The Bertz CT molecular complexity index is 285. The van der Waals surface area contributed by atoms with Crippen LogP contribution in [-0.4, -0.2) is 34.6 Å². The van der Waals surface area contributed by atoms with E-state index in [2.05, 4.69) is 17.9 Å². The summed E-state index contributed by atoms with van der Waals surface area (Å²) in [5.74, 6) is 0. The van der Waals surface area contributed by atoms with Gasteiger partial charge in [-0.2, -0.15) is 12.6 Å². The van der Waals surface area contributed by atoms with Crippen molar-refractivity contribution in [1.29, 1.82) is 0 Å². The molecule has 1 saturated heterocycles. The molecule has 84 valence electrons. The second-order valence-corrected chi connectivity index (χ2v) is 4.75. The molecule has 0 saturated carbocycles. The van der Waals surface area contributed by atoms with Crippen molar-refractivity contribution in [3.05, 3.63) is 12.3 Å².